The van der Waals surface area contributed by atoms with Gasteiger partial charge in [-0.1, -0.05) is 26.0 Å². The van der Waals surface area contributed by atoms with E-state index in [0.717, 1.165) is 25.2 Å². The number of ether oxygens (including phenoxy) is 1. The number of amides is 1. The fourth-order valence-electron chi connectivity index (χ4n) is 1.94. The minimum absolute atomic E-state index is 0.0230. The Morgan fingerprint density at radius 2 is 2.05 bits per heavy atom. The van der Waals surface area contributed by atoms with Gasteiger partial charge in [-0.3, -0.25) is 4.79 Å². The van der Waals surface area contributed by atoms with E-state index in [1.807, 2.05) is 24.3 Å². The van der Waals surface area contributed by atoms with Crippen molar-refractivity contribution in [3.05, 3.63) is 35.4 Å². The summed E-state index contributed by atoms with van der Waals surface area (Å²) in [7, 11) is 1.65. The van der Waals surface area contributed by atoms with Crippen LogP contribution >= 0.6 is 0 Å². The highest BCUT2D eigenvalue weighted by Crippen LogP contribution is 2.06. The second-order valence-corrected chi connectivity index (χ2v) is 4.42. The first-order valence-electron chi connectivity index (χ1n) is 6.79. The molecule has 0 saturated carbocycles. The van der Waals surface area contributed by atoms with Crippen molar-refractivity contribution in [3.8, 4) is 0 Å². The zero-order valence-corrected chi connectivity index (χ0v) is 12.1. The molecule has 106 valence electrons. The van der Waals surface area contributed by atoms with E-state index in [2.05, 4.69) is 24.1 Å². The molecule has 1 aromatic rings. The van der Waals surface area contributed by atoms with E-state index in [9.17, 15) is 4.79 Å². The standard InChI is InChI=1S/C15H24N2O2/c1-4-17(5-2)10-9-16-15(18)14-8-6-7-13(11-14)12-19-3/h6-8,11H,4-5,9-10,12H2,1-3H3,(H,16,18). The zero-order valence-electron chi connectivity index (χ0n) is 12.1. The minimum atomic E-state index is -0.0230. The maximum Gasteiger partial charge on any atom is 0.251 e. The molecular formula is C15H24N2O2. The average molecular weight is 264 g/mol. The van der Waals surface area contributed by atoms with Crippen molar-refractivity contribution in [2.75, 3.05) is 33.3 Å². The van der Waals surface area contributed by atoms with E-state index >= 15 is 0 Å². The molecule has 0 aliphatic carbocycles. The van der Waals surface area contributed by atoms with Crippen LogP contribution in [0.25, 0.3) is 0 Å². The molecule has 0 aromatic heterocycles. The number of rotatable bonds is 8. The van der Waals surface area contributed by atoms with Gasteiger partial charge in [-0.05, 0) is 30.8 Å². The average Bonchev–Trinajstić information content (AvgIpc) is 2.44. The Morgan fingerprint density at radius 3 is 2.68 bits per heavy atom. The number of hydrogen-bond donors (Lipinski definition) is 1. The Balaban J connectivity index is 2.46. The van der Waals surface area contributed by atoms with Crippen LogP contribution in [0.3, 0.4) is 0 Å². The molecule has 0 unspecified atom stereocenters. The molecule has 0 spiro atoms. The summed E-state index contributed by atoms with van der Waals surface area (Å²) < 4.78 is 5.07. The predicted octanol–water partition coefficient (Wildman–Crippen LogP) is 1.90. The number of hydrogen-bond acceptors (Lipinski definition) is 3. The van der Waals surface area contributed by atoms with Gasteiger partial charge in [-0.15, -0.1) is 0 Å². The van der Waals surface area contributed by atoms with Crippen LogP contribution in [0.1, 0.15) is 29.8 Å². The predicted molar refractivity (Wildman–Crippen MR) is 77.3 cm³/mol. The summed E-state index contributed by atoms with van der Waals surface area (Å²) in [5.41, 5.74) is 1.70. The number of likely N-dealkylation sites (N-methyl/N-ethyl adjacent to an activating group) is 1. The molecule has 1 rings (SSSR count). The lowest BCUT2D eigenvalue weighted by molar-refractivity contribution is 0.0948. The Labute approximate surface area is 115 Å². The van der Waals surface area contributed by atoms with Gasteiger partial charge in [0.15, 0.2) is 0 Å². The van der Waals surface area contributed by atoms with Crippen molar-refractivity contribution >= 4 is 5.91 Å². The monoisotopic (exact) mass is 264 g/mol. The molecule has 1 aromatic carbocycles. The highest BCUT2D eigenvalue weighted by molar-refractivity contribution is 5.94. The Morgan fingerprint density at radius 1 is 1.32 bits per heavy atom. The number of carbonyl (C=O) groups excluding carboxylic acids is 1. The van der Waals surface area contributed by atoms with Crippen molar-refractivity contribution in [2.45, 2.75) is 20.5 Å². The van der Waals surface area contributed by atoms with Gasteiger partial charge in [0.25, 0.3) is 5.91 Å². The molecule has 4 nitrogen and oxygen atoms in total. The van der Waals surface area contributed by atoms with Crippen LogP contribution in [0.2, 0.25) is 0 Å². The van der Waals surface area contributed by atoms with Gasteiger partial charge < -0.3 is 15.0 Å². The van der Waals surface area contributed by atoms with Gasteiger partial charge in [0, 0.05) is 25.8 Å². The summed E-state index contributed by atoms with van der Waals surface area (Å²) in [5.74, 6) is -0.0230. The Kier molecular flexibility index (Phi) is 7.15. The number of methoxy groups -OCH3 is 1. The van der Waals surface area contributed by atoms with Crippen LogP contribution < -0.4 is 5.32 Å². The molecule has 0 saturated heterocycles. The van der Waals surface area contributed by atoms with Crippen LogP contribution in [-0.4, -0.2) is 44.1 Å². The Hall–Kier alpha value is -1.39. The first-order valence-corrected chi connectivity index (χ1v) is 6.79. The molecule has 0 fully saturated rings. The topological polar surface area (TPSA) is 41.6 Å². The second-order valence-electron chi connectivity index (χ2n) is 4.42. The van der Waals surface area contributed by atoms with Crippen molar-refractivity contribution in [3.63, 3.8) is 0 Å². The molecule has 0 bridgehead atoms. The van der Waals surface area contributed by atoms with E-state index in [4.69, 9.17) is 4.74 Å². The summed E-state index contributed by atoms with van der Waals surface area (Å²) in [6, 6.07) is 7.53. The van der Waals surface area contributed by atoms with Crippen molar-refractivity contribution in [1.29, 1.82) is 0 Å². The van der Waals surface area contributed by atoms with Crippen molar-refractivity contribution in [1.82, 2.24) is 10.2 Å². The lowest BCUT2D eigenvalue weighted by Gasteiger charge is -2.18. The summed E-state index contributed by atoms with van der Waals surface area (Å²) in [5, 5.41) is 2.95. The lowest BCUT2D eigenvalue weighted by atomic mass is 10.1. The number of nitrogens with zero attached hydrogens (tertiary/aromatic N) is 1. The van der Waals surface area contributed by atoms with Gasteiger partial charge in [-0.2, -0.15) is 0 Å². The molecule has 1 amide bonds. The number of benzene rings is 1. The molecule has 0 aliphatic rings. The van der Waals surface area contributed by atoms with Crippen LogP contribution in [0.4, 0.5) is 0 Å². The quantitative estimate of drug-likeness (QED) is 0.780. The molecule has 1 N–H and O–H groups in total. The Bertz CT molecular complexity index is 389. The highest BCUT2D eigenvalue weighted by Gasteiger charge is 2.06. The molecule has 19 heavy (non-hydrogen) atoms. The number of nitrogens with one attached hydrogen (secondary N) is 1. The molecule has 0 aliphatic heterocycles. The fourth-order valence-corrected chi connectivity index (χ4v) is 1.94. The van der Waals surface area contributed by atoms with Crippen LogP contribution in [0.15, 0.2) is 24.3 Å². The van der Waals surface area contributed by atoms with Crippen molar-refractivity contribution < 1.29 is 9.53 Å². The third kappa shape index (κ3) is 5.41. The smallest absolute Gasteiger partial charge is 0.251 e. The fraction of sp³-hybridized carbons (Fsp3) is 0.533. The SMILES string of the molecule is CCN(CC)CCNC(=O)c1cccc(COC)c1. The van der Waals surface area contributed by atoms with Crippen LogP contribution in [0, 0.1) is 0 Å². The zero-order chi connectivity index (χ0) is 14.1. The van der Waals surface area contributed by atoms with Gasteiger partial charge in [0.1, 0.15) is 0 Å². The van der Waals surface area contributed by atoms with E-state index in [0.29, 0.717) is 18.7 Å². The van der Waals surface area contributed by atoms with Crippen molar-refractivity contribution in [2.24, 2.45) is 0 Å². The second kappa shape index (κ2) is 8.67. The molecule has 0 heterocycles. The van der Waals surface area contributed by atoms with E-state index < -0.39 is 0 Å². The lowest BCUT2D eigenvalue weighted by Crippen LogP contribution is -2.34. The molecule has 0 atom stereocenters. The third-order valence-electron chi connectivity index (χ3n) is 3.11. The van der Waals surface area contributed by atoms with Crippen LogP contribution in [0.5, 0.6) is 0 Å². The van der Waals surface area contributed by atoms with E-state index in [1.54, 1.807) is 7.11 Å². The third-order valence-corrected chi connectivity index (χ3v) is 3.11. The molecule has 0 radical (unpaired) electrons. The van der Waals surface area contributed by atoms with Gasteiger partial charge in [-0.25, -0.2) is 0 Å². The first-order chi connectivity index (χ1) is 9.21. The normalized spacial score (nSPS) is 10.7. The number of carbonyl (C=O) groups is 1. The maximum absolute atomic E-state index is 12.0. The summed E-state index contributed by atoms with van der Waals surface area (Å²) in [4.78, 5) is 14.3. The molecule has 4 heteroatoms. The van der Waals surface area contributed by atoms with E-state index in [1.165, 1.54) is 0 Å². The van der Waals surface area contributed by atoms with Gasteiger partial charge in [0.2, 0.25) is 0 Å². The molecular weight excluding hydrogens is 240 g/mol. The minimum Gasteiger partial charge on any atom is -0.380 e. The van der Waals surface area contributed by atoms with Crippen LogP contribution in [-0.2, 0) is 11.3 Å². The van der Waals surface area contributed by atoms with E-state index in [-0.39, 0.29) is 5.91 Å². The summed E-state index contributed by atoms with van der Waals surface area (Å²) in [6.07, 6.45) is 0. The summed E-state index contributed by atoms with van der Waals surface area (Å²) >= 11 is 0. The van der Waals surface area contributed by atoms with Gasteiger partial charge >= 0.3 is 0 Å². The highest BCUT2D eigenvalue weighted by atomic mass is 16.5. The summed E-state index contributed by atoms with van der Waals surface area (Å²) in [6.45, 7) is 8.36. The maximum atomic E-state index is 12.0. The van der Waals surface area contributed by atoms with Gasteiger partial charge in [0.05, 0.1) is 6.61 Å². The largest absolute Gasteiger partial charge is 0.380 e. The first kappa shape index (κ1) is 15.7.